The third-order valence-electron chi connectivity index (χ3n) is 4.43. The van der Waals surface area contributed by atoms with Crippen LogP contribution in [-0.2, 0) is 25.9 Å². The lowest BCUT2D eigenvalue weighted by Crippen LogP contribution is -2.16. The van der Waals surface area contributed by atoms with Crippen LogP contribution in [0.15, 0.2) is 47.4 Å². The van der Waals surface area contributed by atoms with Crippen LogP contribution in [0.3, 0.4) is 0 Å². The van der Waals surface area contributed by atoms with Gasteiger partial charge in [0.25, 0.3) is 0 Å². The predicted octanol–water partition coefficient (Wildman–Crippen LogP) is 4.09. The molecule has 0 atom stereocenters. The van der Waals surface area contributed by atoms with Crippen LogP contribution in [0.4, 0.5) is 0 Å². The van der Waals surface area contributed by atoms with Crippen LogP contribution in [0.2, 0.25) is 0 Å². The molecule has 0 saturated carbocycles. The number of ether oxygens (including phenoxy) is 1. The number of carbonyl (C=O) groups excluding carboxylic acids is 1. The number of aryl methyl sites for hydroxylation is 1. The van der Waals surface area contributed by atoms with Crippen LogP contribution in [0.25, 0.3) is 21.0 Å². The first-order valence-electron chi connectivity index (χ1n) is 9.63. The van der Waals surface area contributed by atoms with Crippen LogP contribution in [0.5, 0.6) is 0 Å². The molecule has 0 spiro atoms. The Morgan fingerprint density at radius 3 is 2.65 bits per heavy atom. The summed E-state index contributed by atoms with van der Waals surface area (Å²) < 4.78 is 33.2. The maximum absolute atomic E-state index is 12.2. The minimum absolute atomic E-state index is 0.0224. The molecule has 10 heteroatoms. The summed E-state index contributed by atoms with van der Waals surface area (Å²) in [6.45, 7) is 3.54. The standard InChI is InChI=1S/C21H25N3O4S3/c1-5-31(26,27)17-8-6-7-16(12-17)19-9-10-20(30-19)18-11-15(2)22-24(18)13-21(25)28-14-29-23(3)4/h6-12H,5,13-14H2,1-4H3. The van der Waals surface area contributed by atoms with Crippen molar-refractivity contribution >= 4 is 39.1 Å². The zero-order valence-corrected chi connectivity index (χ0v) is 20.3. The molecular weight excluding hydrogens is 454 g/mol. The van der Waals surface area contributed by atoms with E-state index in [9.17, 15) is 13.2 Å². The average molecular weight is 480 g/mol. The van der Waals surface area contributed by atoms with Gasteiger partial charge in [-0.1, -0.05) is 19.1 Å². The van der Waals surface area contributed by atoms with Gasteiger partial charge in [0.1, 0.15) is 6.54 Å². The normalized spacial score (nSPS) is 11.8. The summed E-state index contributed by atoms with van der Waals surface area (Å²) in [4.78, 5) is 14.4. The van der Waals surface area contributed by atoms with Gasteiger partial charge in [-0.05, 0) is 68.9 Å². The van der Waals surface area contributed by atoms with Crippen molar-refractivity contribution < 1.29 is 17.9 Å². The molecule has 0 aliphatic carbocycles. The van der Waals surface area contributed by atoms with Crippen LogP contribution >= 0.6 is 23.3 Å². The number of rotatable bonds is 9. The Bertz CT molecular complexity index is 1170. The maximum Gasteiger partial charge on any atom is 0.328 e. The largest absolute Gasteiger partial charge is 0.452 e. The number of esters is 1. The van der Waals surface area contributed by atoms with E-state index in [0.29, 0.717) is 4.90 Å². The Kier molecular flexibility index (Phi) is 7.58. The number of sulfone groups is 1. The number of benzene rings is 1. The van der Waals surface area contributed by atoms with Crippen molar-refractivity contribution in [3.63, 3.8) is 0 Å². The molecule has 3 rings (SSSR count). The Morgan fingerprint density at radius 1 is 1.19 bits per heavy atom. The minimum Gasteiger partial charge on any atom is -0.452 e. The highest BCUT2D eigenvalue weighted by Gasteiger charge is 2.16. The SMILES string of the molecule is CCS(=O)(=O)c1cccc(-c2ccc(-c3cc(C)nn3CC(=O)OCSN(C)C)s2)c1. The van der Waals surface area contributed by atoms with E-state index < -0.39 is 9.84 Å². The summed E-state index contributed by atoms with van der Waals surface area (Å²) in [5.74, 6) is -0.0389. The quantitative estimate of drug-likeness (QED) is 0.260. The molecule has 7 nitrogen and oxygen atoms in total. The van der Waals surface area contributed by atoms with Crippen molar-refractivity contribution in [1.29, 1.82) is 0 Å². The van der Waals surface area contributed by atoms with Crippen molar-refractivity contribution in [3.8, 4) is 21.0 Å². The van der Waals surface area contributed by atoms with Gasteiger partial charge in [0.15, 0.2) is 15.8 Å². The van der Waals surface area contributed by atoms with E-state index in [1.54, 1.807) is 29.8 Å². The molecule has 1 aromatic carbocycles. The predicted molar refractivity (Wildman–Crippen MR) is 126 cm³/mol. The van der Waals surface area contributed by atoms with Gasteiger partial charge >= 0.3 is 5.97 Å². The average Bonchev–Trinajstić information content (AvgIpc) is 3.34. The maximum atomic E-state index is 12.2. The summed E-state index contributed by atoms with van der Waals surface area (Å²) in [6.07, 6.45) is 0. The van der Waals surface area contributed by atoms with Gasteiger partial charge in [0.2, 0.25) is 0 Å². The van der Waals surface area contributed by atoms with E-state index >= 15 is 0 Å². The van der Waals surface area contributed by atoms with E-state index in [-0.39, 0.29) is 24.2 Å². The fourth-order valence-corrected chi connectivity index (χ4v) is 5.21. The summed E-state index contributed by atoms with van der Waals surface area (Å²) >= 11 is 2.92. The number of aromatic nitrogens is 2. The molecule has 0 radical (unpaired) electrons. The number of nitrogens with zero attached hydrogens (tertiary/aromatic N) is 3. The van der Waals surface area contributed by atoms with E-state index in [0.717, 1.165) is 26.7 Å². The monoisotopic (exact) mass is 479 g/mol. The van der Waals surface area contributed by atoms with Crippen LogP contribution in [0, 0.1) is 6.92 Å². The molecule has 0 fully saturated rings. The molecule has 0 bridgehead atoms. The molecule has 2 aromatic heterocycles. The smallest absolute Gasteiger partial charge is 0.328 e. The van der Waals surface area contributed by atoms with Gasteiger partial charge in [-0.2, -0.15) is 5.10 Å². The summed E-state index contributed by atoms with van der Waals surface area (Å²) in [5, 5.41) is 4.44. The first kappa shape index (κ1) is 23.5. The number of carbonyl (C=O) groups is 1. The fourth-order valence-electron chi connectivity index (χ4n) is 2.87. The second-order valence-corrected chi connectivity index (χ2v) is 11.6. The second-order valence-electron chi connectivity index (χ2n) is 7.00. The van der Waals surface area contributed by atoms with Gasteiger partial charge < -0.3 is 4.74 Å². The first-order valence-corrected chi connectivity index (χ1v) is 13.0. The van der Waals surface area contributed by atoms with E-state index in [2.05, 4.69) is 5.10 Å². The van der Waals surface area contributed by atoms with Gasteiger partial charge in [0, 0.05) is 4.88 Å². The van der Waals surface area contributed by atoms with Crippen molar-refractivity contribution in [1.82, 2.24) is 14.1 Å². The number of hydrogen-bond donors (Lipinski definition) is 0. The molecule has 0 aliphatic rings. The Labute approximate surface area is 191 Å². The molecule has 0 unspecified atom stereocenters. The van der Waals surface area contributed by atoms with Gasteiger partial charge in [-0.3, -0.25) is 13.8 Å². The summed E-state index contributed by atoms with van der Waals surface area (Å²) in [5.41, 5.74) is 2.47. The Hall–Kier alpha value is -2.14. The van der Waals surface area contributed by atoms with E-state index in [4.69, 9.17) is 4.74 Å². The third-order valence-corrected chi connectivity index (χ3v) is 8.06. The molecule has 0 amide bonds. The van der Waals surface area contributed by atoms with Crippen molar-refractivity contribution in [3.05, 3.63) is 48.2 Å². The zero-order valence-electron chi connectivity index (χ0n) is 17.9. The topological polar surface area (TPSA) is 81.5 Å². The van der Waals surface area contributed by atoms with Crippen molar-refractivity contribution in [2.24, 2.45) is 0 Å². The molecular formula is C21H25N3O4S3. The molecule has 166 valence electrons. The fraction of sp³-hybridized carbons (Fsp3) is 0.333. The van der Waals surface area contributed by atoms with Crippen molar-refractivity contribution in [2.75, 3.05) is 25.8 Å². The third kappa shape index (κ3) is 5.97. The summed E-state index contributed by atoms with van der Waals surface area (Å²) in [6, 6.07) is 12.8. The Morgan fingerprint density at radius 2 is 1.94 bits per heavy atom. The molecule has 2 heterocycles. The van der Waals surface area contributed by atoms with Crippen LogP contribution < -0.4 is 0 Å². The Balaban J connectivity index is 1.82. The van der Waals surface area contributed by atoms with E-state index in [1.807, 2.05) is 49.6 Å². The number of thiophene rings is 1. The number of hydrogen-bond acceptors (Lipinski definition) is 8. The molecule has 3 aromatic rings. The van der Waals surface area contributed by atoms with Crippen molar-refractivity contribution in [2.45, 2.75) is 25.3 Å². The highest BCUT2D eigenvalue weighted by atomic mass is 32.2. The lowest BCUT2D eigenvalue weighted by Gasteiger charge is -2.10. The van der Waals surface area contributed by atoms with Crippen LogP contribution in [-0.4, -0.2) is 54.3 Å². The van der Waals surface area contributed by atoms with Crippen LogP contribution in [0.1, 0.15) is 12.6 Å². The minimum atomic E-state index is -3.27. The lowest BCUT2D eigenvalue weighted by molar-refractivity contribution is -0.142. The highest BCUT2D eigenvalue weighted by Crippen LogP contribution is 2.35. The summed E-state index contributed by atoms with van der Waals surface area (Å²) in [7, 11) is 0.499. The molecule has 0 aliphatic heterocycles. The lowest BCUT2D eigenvalue weighted by atomic mass is 10.2. The molecule has 0 saturated heterocycles. The van der Waals surface area contributed by atoms with E-state index in [1.165, 1.54) is 23.3 Å². The second kappa shape index (κ2) is 9.99. The zero-order chi connectivity index (χ0) is 22.6. The molecule has 31 heavy (non-hydrogen) atoms. The first-order chi connectivity index (χ1) is 14.7. The molecule has 0 N–H and O–H groups in total. The van der Waals surface area contributed by atoms with Gasteiger partial charge in [0.05, 0.1) is 26.9 Å². The van der Waals surface area contributed by atoms with Gasteiger partial charge in [-0.25, -0.2) is 8.42 Å². The van der Waals surface area contributed by atoms with Gasteiger partial charge in [-0.15, -0.1) is 11.3 Å². The highest BCUT2D eigenvalue weighted by molar-refractivity contribution is 7.96.